The third-order valence-electron chi connectivity index (χ3n) is 2.28. The Morgan fingerprint density at radius 2 is 2.33 bits per heavy atom. The zero-order valence-electron chi connectivity index (χ0n) is 9.51. The largest absolute Gasteiger partial charge is 0.340 e. The van der Waals surface area contributed by atoms with Crippen LogP contribution in [-0.4, -0.2) is 15.5 Å². The van der Waals surface area contributed by atoms with Gasteiger partial charge in [-0.3, -0.25) is 4.79 Å². The van der Waals surface area contributed by atoms with Crippen LogP contribution in [0.4, 0.5) is 10.1 Å². The fraction of sp³-hybridized carbons (Fsp3) is 0.0833. The summed E-state index contributed by atoms with van der Waals surface area (Å²) in [4.78, 5) is 15.6. The van der Waals surface area contributed by atoms with Crippen LogP contribution < -0.4 is 5.32 Å². The van der Waals surface area contributed by atoms with Gasteiger partial charge in [0.1, 0.15) is 17.6 Å². The molecule has 0 saturated heterocycles. The Morgan fingerprint density at radius 1 is 1.56 bits per heavy atom. The summed E-state index contributed by atoms with van der Waals surface area (Å²) in [6.45, 7) is 0. The molecule has 0 saturated carbocycles. The maximum Gasteiger partial charge on any atom is 0.275 e. The topological polar surface area (TPSA) is 70.7 Å². The number of aryl methyl sites for hydroxylation is 1. The number of nitrogens with one attached hydrogen (secondary N) is 1. The van der Waals surface area contributed by atoms with E-state index in [1.165, 1.54) is 18.5 Å². The molecule has 6 heteroatoms. The summed E-state index contributed by atoms with van der Waals surface area (Å²) < 4.78 is 14.7. The number of imidazole rings is 1. The first kappa shape index (κ1) is 11.8. The molecule has 90 valence electrons. The molecule has 0 radical (unpaired) electrons. The van der Waals surface area contributed by atoms with Crippen molar-refractivity contribution in [1.82, 2.24) is 9.55 Å². The fourth-order valence-corrected chi connectivity index (χ4v) is 1.41. The first-order chi connectivity index (χ1) is 8.60. The van der Waals surface area contributed by atoms with Crippen LogP contribution in [0.5, 0.6) is 0 Å². The Kier molecular flexibility index (Phi) is 3.06. The number of anilines is 1. The van der Waals surface area contributed by atoms with E-state index in [0.29, 0.717) is 5.69 Å². The molecule has 0 fully saturated rings. The average Bonchev–Trinajstić information content (AvgIpc) is 2.78. The number of nitriles is 1. The van der Waals surface area contributed by atoms with Gasteiger partial charge in [0, 0.05) is 18.9 Å². The lowest BCUT2D eigenvalue weighted by Gasteiger charge is -2.03. The SMILES string of the molecule is Cn1cnc(C(=O)Nc2ccc(F)c(C#N)c2)c1. The summed E-state index contributed by atoms with van der Waals surface area (Å²) in [5.74, 6) is -1.03. The van der Waals surface area contributed by atoms with Crippen LogP contribution in [0.2, 0.25) is 0 Å². The highest BCUT2D eigenvalue weighted by Crippen LogP contribution is 2.14. The molecule has 0 spiro atoms. The molecule has 2 aromatic rings. The summed E-state index contributed by atoms with van der Waals surface area (Å²) in [6, 6.07) is 5.50. The third kappa shape index (κ3) is 2.35. The minimum absolute atomic E-state index is 0.117. The molecule has 1 amide bonds. The summed E-state index contributed by atoms with van der Waals surface area (Å²) in [6.07, 6.45) is 3.06. The van der Waals surface area contributed by atoms with E-state index < -0.39 is 11.7 Å². The second kappa shape index (κ2) is 4.67. The number of benzene rings is 1. The standard InChI is InChI=1S/C12H9FN4O/c1-17-6-11(15-7-17)12(18)16-9-2-3-10(13)8(4-9)5-14/h2-4,6-7H,1H3,(H,16,18). The van der Waals surface area contributed by atoms with E-state index in [1.54, 1.807) is 23.9 Å². The van der Waals surface area contributed by atoms with E-state index in [-0.39, 0.29) is 11.3 Å². The van der Waals surface area contributed by atoms with Crippen molar-refractivity contribution in [3.8, 4) is 6.07 Å². The van der Waals surface area contributed by atoms with Crippen molar-refractivity contribution < 1.29 is 9.18 Å². The molecule has 1 aromatic heterocycles. The van der Waals surface area contributed by atoms with Crippen LogP contribution in [0, 0.1) is 17.1 Å². The maximum atomic E-state index is 13.1. The van der Waals surface area contributed by atoms with Crippen LogP contribution in [0.25, 0.3) is 0 Å². The first-order valence-corrected chi connectivity index (χ1v) is 5.09. The fourth-order valence-electron chi connectivity index (χ4n) is 1.41. The number of amides is 1. The lowest BCUT2D eigenvalue weighted by Crippen LogP contribution is -2.12. The van der Waals surface area contributed by atoms with Gasteiger partial charge in [0.2, 0.25) is 0 Å². The Bertz CT molecular complexity index is 642. The van der Waals surface area contributed by atoms with E-state index in [1.807, 2.05) is 0 Å². The van der Waals surface area contributed by atoms with Gasteiger partial charge in [-0.05, 0) is 18.2 Å². The highest BCUT2D eigenvalue weighted by Gasteiger charge is 2.10. The first-order valence-electron chi connectivity index (χ1n) is 5.09. The molecule has 1 heterocycles. The van der Waals surface area contributed by atoms with Crippen molar-refractivity contribution in [2.75, 3.05) is 5.32 Å². The van der Waals surface area contributed by atoms with Crippen molar-refractivity contribution in [1.29, 1.82) is 5.26 Å². The molecule has 0 aliphatic rings. The van der Waals surface area contributed by atoms with E-state index in [2.05, 4.69) is 10.3 Å². The van der Waals surface area contributed by atoms with Gasteiger partial charge in [-0.2, -0.15) is 5.26 Å². The minimum Gasteiger partial charge on any atom is -0.340 e. The summed E-state index contributed by atoms with van der Waals surface area (Å²) in [7, 11) is 1.75. The van der Waals surface area contributed by atoms with Crippen LogP contribution in [0.15, 0.2) is 30.7 Å². The predicted molar refractivity (Wildman–Crippen MR) is 62.3 cm³/mol. The maximum absolute atomic E-state index is 13.1. The van der Waals surface area contributed by atoms with Crippen molar-refractivity contribution in [2.24, 2.45) is 7.05 Å². The number of aromatic nitrogens is 2. The molecular formula is C12H9FN4O. The lowest BCUT2D eigenvalue weighted by atomic mass is 10.2. The number of halogens is 1. The van der Waals surface area contributed by atoms with Crippen molar-refractivity contribution >= 4 is 11.6 Å². The molecule has 2 rings (SSSR count). The Morgan fingerprint density at radius 3 is 2.94 bits per heavy atom. The van der Waals surface area contributed by atoms with Crippen LogP contribution >= 0.6 is 0 Å². The van der Waals surface area contributed by atoms with Gasteiger partial charge in [-0.15, -0.1) is 0 Å². The van der Waals surface area contributed by atoms with Crippen molar-refractivity contribution in [2.45, 2.75) is 0 Å². The van der Waals surface area contributed by atoms with Crippen LogP contribution in [0.3, 0.4) is 0 Å². The van der Waals surface area contributed by atoms with Gasteiger partial charge in [-0.1, -0.05) is 0 Å². The van der Waals surface area contributed by atoms with Crippen molar-refractivity contribution in [3.05, 3.63) is 47.8 Å². The van der Waals surface area contributed by atoms with E-state index in [9.17, 15) is 9.18 Å². The average molecular weight is 244 g/mol. The number of nitrogens with zero attached hydrogens (tertiary/aromatic N) is 3. The Labute approximate surface area is 102 Å². The van der Waals surface area contributed by atoms with E-state index in [0.717, 1.165) is 6.07 Å². The number of hydrogen-bond donors (Lipinski definition) is 1. The normalized spacial score (nSPS) is 9.83. The van der Waals surface area contributed by atoms with Gasteiger partial charge in [0.05, 0.1) is 11.9 Å². The molecule has 0 bridgehead atoms. The Balaban J connectivity index is 2.20. The predicted octanol–water partition coefficient (Wildman–Crippen LogP) is 1.68. The zero-order valence-corrected chi connectivity index (χ0v) is 9.51. The molecule has 1 N–H and O–H groups in total. The van der Waals surface area contributed by atoms with Crippen LogP contribution in [-0.2, 0) is 7.05 Å². The third-order valence-corrected chi connectivity index (χ3v) is 2.28. The molecule has 5 nitrogen and oxygen atoms in total. The second-order valence-corrected chi connectivity index (χ2v) is 3.68. The smallest absolute Gasteiger partial charge is 0.275 e. The zero-order chi connectivity index (χ0) is 13.1. The van der Waals surface area contributed by atoms with Gasteiger partial charge < -0.3 is 9.88 Å². The molecule has 0 aliphatic carbocycles. The second-order valence-electron chi connectivity index (χ2n) is 3.68. The summed E-state index contributed by atoms with van der Waals surface area (Å²) >= 11 is 0. The molecule has 0 atom stereocenters. The quantitative estimate of drug-likeness (QED) is 0.873. The number of rotatable bonds is 2. The molecule has 0 unspecified atom stereocenters. The summed E-state index contributed by atoms with van der Waals surface area (Å²) in [5.41, 5.74) is 0.484. The monoisotopic (exact) mass is 244 g/mol. The summed E-state index contributed by atoms with van der Waals surface area (Å²) in [5, 5.41) is 11.2. The van der Waals surface area contributed by atoms with Gasteiger partial charge in [0.25, 0.3) is 5.91 Å². The lowest BCUT2D eigenvalue weighted by molar-refractivity contribution is 0.102. The van der Waals surface area contributed by atoms with E-state index in [4.69, 9.17) is 5.26 Å². The number of carbonyl (C=O) groups excluding carboxylic acids is 1. The molecular weight excluding hydrogens is 235 g/mol. The highest BCUT2D eigenvalue weighted by molar-refractivity contribution is 6.02. The highest BCUT2D eigenvalue weighted by atomic mass is 19.1. The number of hydrogen-bond acceptors (Lipinski definition) is 3. The van der Waals surface area contributed by atoms with Gasteiger partial charge in [0.15, 0.2) is 0 Å². The van der Waals surface area contributed by atoms with Crippen LogP contribution in [0.1, 0.15) is 16.1 Å². The van der Waals surface area contributed by atoms with Crippen molar-refractivity contribution in [3.63, 3.8) is 0 Å². The molecule has 18 heavy (non-hydrogen) atoms. The van der Waals surface area contributed by atoms with E-state index >= 15 is 0 Å². The number of carbonyl (C=O) groups is 1. The molecule has 0 aliphatic heterocycles. The van der Waals surface area contributed by atoms with Gasteiger partial charge >= 0.3 is 0 Å². The van der Waals surface area contributed by atoms with Gasteiger partial charge in [-0.25, -0.2) is 9.37 Å². The Hall–Kier alpha value is -2.68. The minimum atomic E-state index is -0.617. The molecule has 1 aromatic carbocycles.